The van der Waals surface area contributed by atoms with Gasteiger partial charge >= 0.3 is 0 Å². The summed E-state index contributed by atoms with van der Waals surface area (Å²) in [4.78, 5) is 7.07. The van der Waals surface area contributed by atoms with Gasteiger partial charge in [-0.3, -0.25) is 0 Å². The van der Waals surface area contributed by atoms with Crippen LogP contribution >= 0.6 is 0 Å². The number of rotatable bonds is 6. The molecule has 0 spiro atoms. The first-order valence-electron chi connectivity index (χ1n) is 10.3. The van der Waals surface area contributed by atoms with Gasteiger partial charge in [0, 0.05) is 13.1 Å². The molecule has 2 unspecified atom stereocenters. The van der Waals surface area contributed by atoms with Crippen LogP contribution in [0.1, 0.15) is 31.1 Å². The highest BCUT2D eigenvalue weighted by Gasteiger charge is 2.28. The monoisotopic (exact) mass is 448 g/mol. The van der Waals surface area contributed by atoms with Crippen LogP contribution in [0.3, 0.4) is 0 Å². The molecule has 1 saturated heterocycles. The Morgan fingerprint density at radius 3 is 2.65 bits per heavy atom. The highest BCUT2D eigenvalue weighted by molar-refractivity contribution is 7.89. The lowest BCUT2D eigenvalue weighted by Crippen LogP contribution is -2.50. The van der Waals surface area contributed by atoms with Crippen molar-refractivity contribution in [3.63, 3.8) is 0 Å². The molecule has 0 saturated carbocycles. The van der Waals surface area contributed by atoms with Gasteiger partial charge in [0.2, 0.25) is 10.0 Å². The fourth-order valence-corrected chi connectivity index (χ4v) is 4.31. The zero-order chi connectivity index (χ0) is 22.4. The molecule has 0 amide bonds. The standard InChI is InChI=1S/C22H29FN4O3S/c1-4-25-22(26-13-17-6-5-7-20(12-17)31(28,29)24-3)27-14-16(2)30-21(15-27)18-8-10-19(23)11-9-18/h5-12,16,21,24H,4,13-15H2,1-3H3,(H,25,26). The van der Waals surface area contributed by atoms with Crippen molar-refractivity contribution in [3.8, 4) is 0 Å². The maximum absolute atomic E-state index is 13.3. The van der Waals surface area contributed by atoms with Gasteiger partial charge in [0.15, 0.2) is 5.96 Å². The SMILES string of the molecule is CCNC(=NCc1cccc(S(=O)(=O)NC)c1)N1CC(C)OC(c2ccc(F)cc2)C1. The Morgan fingerprint density at radius 1 is 1.23 bits per heavy atom. The molecule has 1 aliphatic heterocycles. The van der Waals surface area contributed by atoms with Crippen LogP contribution in [0.15, 0.2) is 58.4 Å². The van der Waals surface area contributed by atoms with Crippen molar-refractivity contribution < 1.29 is 17.5 Å². The molecule has 3 rings (SSSR count). The number of hydrogen-bond donors (Lipinski definition) is 2. The van der Waals surface area contributed by atoms with Crippen molar-refractivity contribution in [1.82, 2.24) is 14.9 Å². The van der Waals surface area contributed by atoms with E-state index in [1.165, 1.54) is 19.2 Å². The summed E-state index contributed by atoms with van der Waals surface area (Å²) in [6.45, 7) is 6.27. The van der Waals surface area contributed by atoms with E-state index < -0.39 is 10.0 Å². The number of halogens is 1. The van der Waals surface area contributed by atoms with Gasteiger partial charge in [-0.2, -0.15) is 0 Å². The summed E-state index contributed by atoms with van der Waals surface area (Å²) in [5.74, 6) is 0.452. The molecule has 2 aromatic carbocycles. The Bertz CT molecular complexity index is 1010. The topological polar surface area (TPSA) is 83.0 Å². The number of aliphatic imine (C=N–C) groups is 1. The first kappa shape index (κ1) is 23.2. The van der Waals surface area contributed by atoms with E-state index in [2.05, 4.69) is 14.9 Å². The highest BCUT2D eigenvalue weighted by Crippen LogP contribution is 2.25. The van der Waals surface area contributed by atoms with E-state index in [-0.39, 0.29) is 22.9 Å². The molecule has 2 aromatic rings. The molecule has 0 aliphatic carbocycles. The number of guanidine groups is 1. The smallest absolute Gasteiger partial charge is 0.240 e. The number of hydrogen-bond acceptors (Lipinski definition) is 4. The maximum atomic E-state index is 13.3. The zero-order valence-corrected chi connectivity index (χ0v) is 18.8. The van der Waals surface area contributed by atoms with Crippen LogP contribution in [0.5, 0.6) is 0 Å². The van der Waals surface area contributed by atoms with Gasteiger partial charge in [0.05, 0.1) is 24.1 Å². The van der Waals surface area contributed by atoms with Gasteiger partial charge in [0.25, 0.3) is 0 Å². The van der Waals surface area contributed by atoms with Crippen LogP contribution in [-0.4, -0.2) is 52.1 Å². The van der Waals surface area contributed by atoms with Gasteiger partial charge in [-0.25, -0.2) is 22.5 Å². The predicted octanol–water partition coefficient (Wildman–Crippen LogP) is 2.66. The fourth-order valence-electron chi connectivity index (χ4n) is 3.51. The molecule has 7 nitrogen and oxygen atoms in total. The molecular weight excluding hydrogens is 419 g/mol. The first-order valence-corrected chi connectivity index (χ1v) is 11.8. The quantitative estimate of drug-likeness (QED) is 0.524. The summed E-state index contributed by atoms with van der Waals surface area (Å²) in [6.07, 6.45) is -0.228. The molecular formula is C22H29FN4O3S. The van der Waals surface area contributed by atoms with E-state index >= 15 is 0 Å². The van der Waals surface area contributed by atoms with Crippen molar-refractivity contribution >= 4 is 16.0 Å². The molecule has 0 aromatic heterocycles. The number of benzene rings is 2. The summed E-state index contributed by atoms with van der Waals surface area (Å²) in [5, 5.41) is 3.31. The van der Waals surface area contributed by atoms with Gasteiger partial charge < -0.3 is 15.0 Å². The fraction of sp³-hybridized carbons (Fsp3) is 0.409. The summed E-state index contributed by atoms with van der Waals surface area (Å²) in [6, 6.07) is 13.1. The van der Waals surface area contributed by atoms with Crippen LogP contribution in [-0.2, 0) is 21.3 Å². The van der Waals surface area contributed by atoms with E-state index in [0.29, 0.717) is 26.2 Å². The van der Waals surface area contributed by atoms with E-state index in [4.69, 9.17) is 9.73 Å². The Balaban J connectivity index is 1.79. The van der Waals surface area contributed by atoms with Gasteiger partial charge in [-0.1, -0.05) is 24.3 Å². The van der Waals surface area contributed by atoms with Crippen molar-refractivity contribution in [2.45, 2.75) is 37.5 Å². The summed E-state index contributed by atoms with van der Waals surface area (Å²) in [5.41, 5.74) is 1.71. The number of nitrogens with zero attached hydrogens (tertiary/aromatic N) is 2. The Morgan fingerprint density at radius 2 is 1.97 bits per heavy atom. The molecule has 1 fully saturated rings. The minimum atomic E-state index is -3.51. The minimum absolute atomic E-state index is 0.0308. The zero-order valence-electron chi connectivity index (χ0n) is 18.0. The summed E-state index contributed by atoms with van der Waals surface area (Å²) in [7, 11) is -2.12. The molecule has 0 radical (unpaired) electrons. The average Bonchev–Trinajstić information content (AvgIpc) is 2.77. The van der Waals surface area contributed by atoms with Gasteiger partial charge in [-0.15, -0.1) is 0 Å². The van der Waals surface area contributed by atoms with Crippen molar-refractivity contribution in [1.29, 1.82) is 0 Å². The van der Waals surface area contributed by atoms with Crippen molar-refractivity contribution in [2.75, 3.05) is 26.7 Å². The number of ether oxygens (including phenoxy) is 1. The Hall–Kier alpha value is -2.49. The molecule has 2 atom stereocenters. The maximum Gasteiger partial charge on any atom is 0.240 e. The average molecular weight is 449 g/mol. The summed E-state index contributed by atoms with van der Waals surface area (Å²) < 4.78 is 45.8. The van der Waals surface area contributed by atoms with E-state index in [1.807, 2.05) is 19.9 Å². The molecule has 0 bridgehead atoms. The second-order valence-corrected chi connectivity index (χ2v) is 9.30. The molecule has 1 aliphatic rings. The summed E-state index contributed by atoms with van der Waals surface area (Å²) >= 11 is 0. The third-order valence-electron chi connectivity index (χ3n) is 5.03. The third-order valence-corrected chi connectivity index (χ3v) is 6.44. The molecule has 2 N–H and O–H groups in total. The minimum Gasteiger partial charge on any atom is -0.367 e. The van der Waals surface area contributed by atoms with Crippen LogP contribution in [0, 0.1) is 5.82 Å². The normalized spacial score (nSPS) is 20.0. The van der Waals surface area contributed by atoms with Crippen LogP contribution in [0.25, 0.3) is 0 Å². The van der Waals surface area contributed by atoms with Crippen molar-refractivity contribution in [3.05, 3.63) is 65.5 Å². The Labute approximate surface area is 183 Å². The first-order chi connectivity index (χ1) is 14.8. The lowest BCUT2D eigenvalue weighted by molar-refractivity contribution is -0.0605. The third kappa shape index (κ3) is 6.03. The molecule has 1 heterocycles. The second kappa shape index (κ2) is 10.2. The Kier molecular flexibility index (Phi) is 7.64. The molecule has 31 heavy (non-hydrogen) atoms. The molecule has 168 valence electrons. The van der Waals surface area contributed by atoms with E-state index in [1.54, 1.807) is 30.3 Å². The number of sulfonamides is 1. The molecule has 9 heteroatoms. The van der Waals surface area contributed by atoms with E-state index in [0.717, 1.165) is 17.1 Å². The lowest BCUT2D eigenvalue weighted by Gasteiger charge is -2.38. The van der Waals surface area contributed by atoms with Gasteiger partial charge in [0.1, 0.15) is 11.9 Å². The van der Waals surface area contributed by atoms with Gasteiger partial charge in [-0.05, 0) is 56.3 Å². The largest absolute Gasteiger partial charge is 0.367 e. The van der Waals surface area contributed by atoms with Crippen LogP contribution in [0.2, 0.25) is 0 Å². The van der Waals surface area contributed by atoms with Crippen LogP contribution in [0.4, 0.5) is 4.39 Å². The van der Waals surface area contributed by atoms with E-state index in [9.17, 15) is 12.8 Å². The lowest BCUT2D eigenvalue weighted by atomic mass is 10.1. The second-order valence-electron chi connectivity index (χ2n) is 7.42. The predicted molar refractivity (Wildman–Crippen MR) is 119 cm³/mol. The number of morpholine rings is 1. The number of nitrogens with one attached hydrogen (secondary N) is 2. The van der Waals surface area contributed by atoms with Crippen LogP contribution < -0.4 is 10.0 Å². The van der Waals surface area contributed by atoms with Crippen molar-refractivity contribution in [2.24, 2.45) is 4.99 Å². The highest BCUT2D eigenvalue weighted by atomic mass is 32.2.